The molecule has 0 fully saturated rings. The van der Waals surface area contributed by atoms with Crippen LogP contribution in [-0.4, -0.2) is 11.1 Å². The lowest BCUT2D eigenvalue weighted by Crippen LogP contribution is -2.14. The molecule has 0 spiro atoms. The van der Waals surface area contributed by atoms with E-state index in [0.29, 0.717) is 5.56 Å². The standard InChI is InChI=1S/C20H24O2S/c1-19(2,3)16-11-15(12-17(23-16)20(4,5)6)13-7-9-14(10-8-13)18(21)22/h7-12H,1-6H3/p+1. The Balaban J connectivity index is 2.59. The Labute approximate surface area is 142 Å². The second-order valence-electron chi connectivity index (χ2n) is 7.96. The Kier molecular flexibility index (Phi) is 4.63. The first-order valence-electron chi connectivity index (χ1n) is 7.81. The molecule has 0 atom stereocenters. The monoisotopic (exact) mass is 329 g/mol. The smallest absolute Gasteiger partial charge is 0.335 e. The summed E-state index contributed by atoms with van der Waals surface area (Å²) in [6.45, 7) is 13.3. The van der Waals surface area contributed by atoms with Gasteiger partial charge in [-0.2, -0.15) is 0 Å². The lowest BCUT2D eigenvalue weighted by molar-refractivity contribution is 0.0697. The molecule has 0 unspecified atom stereocenters. The van der Waals surface area contributed by atoms with Crippen LogP contribution in [0.25, 0.3) is 11.1 Å². The van der Waals surface area contributed by atoms with E-state index in [2.05, 4.69) is 53.7 Å². The lowest BCUT2D eigenvalue weighted by Gasteiger charge is -2.16. The van der Waals surface area contributed by atoms with E-state index < -0.39 is 5.97 Å². The van der Waals surface area contributed by atoms with Crippen molar-refractivity contribution in [1.29, 1.82) is 0 Å². The van der Waals surface area contributed by atoms with Crippen molar-refractivity contribution >= 4 is 17.3 Å². The molecule has 3 heteroatoms. The van der Waals surface area contributed by atoms with Crippen molar-refractivity contribution in [3.05, 3.63) is 51.7 Å². The van der Waals surface area contributed by atoms with E-state index in [1.807, 2.05) is 23.5 Å². The number of hydrogen-bond acceptors (Lipinski definition) is 1. The van der Waals surface area contributed by atoms with Crippen LogP contribution in [0, 0.1) is 0 Å². The zero-order valence-electron chi connectivity index (χ0n) is 14.7. The fourth-order valence-electron chi connectivity index (χ4n) is 2.21. The number of carboxylic acid groups (broad SMARTS) is 1. The van der Waals surface area contributed by atoms with Crippen molar-refractivity contribution in [3.63, 3.8) is 0 Å². The summed E-state index contributed by atoms with van der Waals surface area (Å²) < 4.78 is 0. The molecule has 0 radical (unpaired) electrons. The van der Waals surface area contributed by atoms with Crippen LogP contribution in [-0.2, 0) is 10.8 Å². The molecule has 23 heavy (non-hydrogen) atoms. The van der Waals surface area contributed by atoms with Gasteiger partial charge in [0.05, 0.1) is 5.56 Å². The first-order chi connectivity index (χ1) is 10.5. The van der Waals surface area contributed by atoms with Gasteiger partial charge in [-0.15, -0.1) is 0 Å². The van der Waals surface area contributed by atoms with Crippen molar-refractivity contribution in [3.8, 4) is 11.1 Å². The number of rotatable bonds is 2. The molecule has 0 aliphatic rings. The van der Waals surface area contributed by atoms with Crippen molar-refractivity contribution in [2.45, 2.75) is 52.4 Å². The van der Waals surface area contributed by atoms with E-state index in [-0.39, 0.29) is 10.8 Å². The van der Waals surface area contributed by atoms with Crippen LogP contribution < -0.4 is 0 Å². The van der Waals surface area contributed by atoms with Crippen LogP contribution in [0.1, 0.15) is 61.7 Å². The van der Waals surface area contributed by atoms with Crippen molar-refractivity contribution in [1.82, 2.24) is 0 Å². The minimum atomic E-state index is -0.891. The van der Waals surface area contributed by atoms with Crippen molar-refractivity contribution < 1.29 is 9.90 Å². The van der Waals surface area contributed by atoms with E-state index in [4.69, 9.17) is 5.11 Å². The molecule has 2 nitrogen and oxygen atoms in total. The van der Waals surface area contributed by atoms with Gasteiger partial charge in [0, 0.05) is 23.0 Å². The zero-order chi connectivity index (χ0) is 17.4. The van der Waals surface area contributed by atoms with Gasteiger partial charge in [0.15, 0.2) is 0 Å². The van der Waals surface area contributed by atoms with Crippen molar-refractivity contribution in [2.24, 2.45) is 0 Å². The first-order valence-corrected chi connectivity index (χ1v) is 8.63. The first kappa shape index (κ1) is 17.6. The lowest BCUT2D eigenvalue weighted by atomic mass is 9.90. The van der Waals surface area contributed by atoms with Gasteiger partial charge in [0.25, 0.3) is 0 Å². The third-order valence-electron chi connectivity index (χ3n) is 3.74. The molecule has 2 rings (SSSR count). The van der Waals surface area contributed by atoms with Crippen LogP contribution in [0.15, 0.2) is 36.4 Å². The third-order valence-corrected chi connectivity index (χ3v) is 5.64. The van der Waals surface area contributed by atoms with Crippen molar-refractivity contribution in [2.75, 3.05) is 0 Å². The fourth-order valence-corrected chi connectivity index (χ4v) is 3.43. The zero-order valence-corrected chi connectivity index (χ0v) is 15.5. The Hall–Kier alpha value is -1.74. The highest BCUT2D eigenvalue weighted by molar-refractivity contribution is 7.12. The van der Waals surface area contributed by atoms with Crippen LogP contribution in [0.5, 0.6) is 0 Å². The molecule has 0 amide bonds. The van der Waals surface area contributed by atoms with E-state index in [1.54, 1.807) is 12.1 Å². The molecule has 1 N–H and O–H groups in total. The molecule has 2 aromatic rings. The van der Waals surface area contributed by atoms with Gasteiger partial charge in [0.2, 0.25) is 21.1 Å². The predicted octanol–water partition coefficient (Wildman–Crippen LogP) is 5.99. The molecular formula is C20H25O2S+. The SMILES string of the molecule is CC(C)(C)c1cc(-c2ccc(C(=O)O)cc2)cc(C(C)(C)C)[s+]1. The van der Waals surface area contributed by atoms with E-state index >= 15 is 0 Å². The van der Waals surface area contributed by atoms with Gasteiger partial charge >= 0.3 is 5.97 Å². The molecule has 1 aromatic heterocycles. The molecular weight excluding hydrogens is 304 g/mol. The van der Waals surface area contributed by atoms with Gasteiger partial charge in [-0.25, -0.2) is 4.79 Å². The average molecular weight is 329 g/mol. The molecule has 0 saturated carbocycles. The number of hydrogen-bond donors (Lipinski definition) is 1. The second kappa shape index (κ2) is 6.04. The van der Waals surface area contributed by atoms with Crippen LogP contribution in [0.4, 0.5) is 0 Å². The quantitative estimate of drug-likeness (QED) is 0.687. The second-order valence-corrected chi connectivity index (χ2v) is 9.04. The summed E-state index contributed by atoms with van der Waals surface area (Å²) in [6.07, 6.45) is 0. The topological polar surface area (TPSA) is 37.3 Å². The van der Waals surface area contributed by atoms with E-state index in [1.165, 1.54) is 9.75 Å². The summed E-state index contributed by atoms with van der Waals surface area (Å²) in [5.41, 5.74) is 2.69. The number of carboxylic acids is 1. The largest absolute Gasteiger partial charge is 0.478 e. The fraction of sp³-hybridized carbons (Fsp3) is 0.400. The summed E-state index contributed by atoms with van der Waals surface area (Å²) in [5.74, 6) is -0.891. The minimum absolute atomic E-state index is 0.0850. The van der Waals surface area contributed by atoms with Gasteiger partial charge in [-0.1, -0.05) is 53.7 Å². The molecule has 122 valence electrons. The van der Waals surface area contributed by atoms with E-state index in [0.717, 1.165) is 11.1 Å². The van der Waals surface area contributed by atoms with E-state index in [9.17, 15) is 4.79 Å². The summed E-state index contributed by atoms with van der Waals surface area (Å²) in [5, 5.41) is 9.05. The van der Waals surface area contributed by atoms with Gasteiger partial charge < -0.3 is 5.11 Å². The molecule has 0 bridgehead atoms. The summed E-state index contributed by atoms with van der Waals surface area (Å²) in [7, 11) is 0. The molecule has 0 saturated heterocycles. The maximum absolute atomic E-state index is 11.0. The highest BCUT2D eigenvalue weighted by Crippen LogP contribution is 2.37. The predicted molar refractivity (Wildman–Crippen MR) is 98.5 cm³/mol. The Bertz CT molecular complexity index is 685. The highest BCUT2D eigenvalue weighted by atomic mass is 32.1. The summed E-state index contributed by atoms with van der Waals surface area (Å²) in [4.78, 5) is 13.7. The molecule has 1 heterocycles. The average Bonchev–Trinajstić information content (AvgIpc) is 2.45. The third kappa shape index (κ3) is 4.17. The normalized spacial score (nSPS) is 12.3. The van der Waals surface area contributed by atoms with Gasteiger partial charge in [-0.05, 0) is 23.3 Å². The Morgan fingerprint density at radius 3 is 1.61 bits per heavy atom. The molecule has 0 aliphatic heterocycles. The maximum Gasteiger partial charge on any atom is 0.335 e. The maximum atomic E-state index is 11.0. The number of aromatic carboxylic acids is 1. The molecule has 1 aromatic carbocycles. The Morgan fingerprint density at radius 1 is 0.826 bits per heavy atom. The van der Waals surface area contributed by atoms with Crippen LogP contribution >= 0.6 is 11.3 Å². The summed E-state index contributed by atoms with van der Waals surface area (Å²) in [6, 6.07) is 11.6. The summed E-state index contributed by atoms with van der Waals surface area (Å²) >= 11 is 1.86. The minimum Gasteiger partial charge on any atom is -0.478 e. The van der Waals surface area contributed by atoms with Crippen LogP contribution in [0.2, 0.25) is 0 Å². The molecule has 0 aliphatic carbocycles. The number of benzene rings is 1. The Morgan fingerprint density at radius 2 is 1.26 bits per heavy atom. The number of carbonyl (C=O) groups is 1. The van der Waals surface area contributed by atoms with Gasteiger partial charge in [-0.3, -0.25) is 0 Å². The van der Waals surface area contributed by atoms with Crippen LogP contribution in [0.3, 0.4) is 0 Å². The van der Waals surface area contributed by atoms with Gasteiger partial charge in [0.1, 0.15) is 0 Å². The highest BCUT2D eigenvalue weighted by Gasteiger charge is 2.32.